The second-order valence-electron chi connectivity index (χ2n) is 4.96. The molecule has 1 atom stereocenters. The molecule has 108 valence electrons. The van der Waals surface area contributed by atoms with E-state index < -0.39 is 6.10 Å². The van der Waals surface area contributed by atoms with Crippen molar-refractivity contribution in [2.24, 2.45) is 7.05 Å². The summed E-state index contributed by atoms with van der Waals surface area (Å²) in [6, 6.07) is 9.41. The van der Waals surface area contributed by atoms with Crippen LogP contribution in [0.1, 0.15) is 18.1 Å². The van der Waals surface area contributed by atoms with Crippen LogP contribution in [0.25, 0.3) is 11.0 Å². The molecule has 0 saturated carbocycles. The number of aromatic nitrogens is 4. The van der Waals surface area contributed by atoms with E-state index in [1.807, 2.05) is 30.3 Å². The molecule has 0 radical (unpaired) electrons. The molecule has 0 bridgehead atoms. The zero-order chi connectivity index (χ0) is 14.8. The lowest BCUT2D eigenvalue weighted by Gasteiger charge is -2.11. The monoisotopic (exact) mass is 284 g/mol. The molecule has 6 heteroatoms. The number of aliphatic hydroxyl groups excluding tert-OH is 1. The van der Waals surface area contributed by atoms with E-state index in [0.717, 1.165) is 5.56 Å². The molecule has 2 heterocycles. The molecule has 1 aromatic carbocycles. The Morgan fingerprint density at radius 3 is 2.81 bits per heavy atom. The van der Waals surface area contributed by atoms with Crippen LogP contribution in [0.3, 0.4) is 0 Å². The van der Waals surface area contributed by atoms with E-state index in [9.17, 15) is 9.90 Å². The van der Waals surface area contributed by atoms with Crippen LogP contribution in [0.5, 0.6) is 0 Å². The van der Waals surface area contributed by atoms with Gasteiger partial charge in [0, 0.05) is 13.6 Å². The highest BCUT2D eigenvalue weighted by molar-refractivity contribution is 5.72. The highest BCUT2D eigenvalue weighted by Gasteiger charge is 2.11. The predicted octanol–water partition coefficient (Wildman–Crippen LogP) is 1.25. The van der Waals surface area contributed by atoms with E-state index in [1.165, 1.54) is 17.1 Å². The summed E-state index contributed by atoms with van der Waals surface area (Å²) in [6.45, 7) is 0.409. The fourth-order valence-electron chi connectivity index (χ4n) is 2.33. The van der Waals surface area contributed by atoms with Crippen LogP contribution in [-0.4, -0.2) is 24.4 Å². The Bertz CT molecular complexity index is 807. The zero-order valence-corrected chi connectivity index (χ0v) is 11.7. The van der Waals surface area contributed by atoms with E-state index in [4.69, 9.17) is 0 Å². The lowest BCUT2D eigenvalue weighted by Crippen LogP contribution is -2.21. The van der Waals surface area contributed by atoms with Gasteiger partial charge in [0.15, 0.2) is 5.65 Å². The second kappa shape index (κ2) is 5.49. The number of hydrogen-bond acceptors (Lipinski definition) is 4. The van der Waals surface area contributed by atoms with Gasteiger partial charge in [-0.3, -0.25) is 14.0 Å². The largest absolute Gasteiger partial charge is 0.388 e. The average Bonchev–Trinajstić information content (AvgIpc) is 2.89. The van der Waals surface area contributed by atoms with Crippen LogP contribution in [-0.2, 0) is 13.6 Å². The van der Waals surface area contributed by atoms with Gasteiger partial charge < -0.3 is 5.11 Å². The molecule has 0 fully saturated rings. The topological polar surface area (TPSA) is 72.9 Å². The van der Waals surface area contributed by atoms with Gasteiger partial charge in [0.25, 0.3) is 5.56 Å². The molecule has 0 saturated heterocycles. The first kappa shape index (κ1) is 13.5. The van der Waals surface area contributed by atoms with E-state index in [0.29, 0.717) is 24.0 Å². The Morgan fingerprint density at radius 2 is 2.05 bits per heavy atom. The van der Waals surface area contributed by atoms with Gasteiger partial charge in [-0.25, -0.2) is 4.98 Å². The molecule has 1 N–H and O–H groups in total. The Balaban J connectivity index is 1.80. The van der Waals surface area contributed by atoms with Crippen LogP contribution in [0.4, 0.5) is 0 Å². The summed E-state index contributed by atoms with van der Waals surface area (Å²) in [7, 11) is 1.75. The van der Waals surface area contributed by atoms with Gasteiger partial charge in [0.1, 0.15) is 5.39 Å². The first-order valence-electron chi connectivity index (χ1n) is 6.77. The third-order valence-corrected chi connectivity index (χ3v) is 3.55. The quantitative estimate of drug-likeness (QED) is 0.782. The summed E-state index contributed by atoms with van der Waals surface area (Å²) in [4.78, 5) is 16.5. The summed E-state index contributed by atoms with van der Waals surface area (Å²) < 4.78 is 3.08. The van der Waals surface area contributed by atoms with Crippen molar-refractivity contribution in [2.45, 2.75) is 19.1 Å². The summed E-state index contributed by atoms with van der Waals surface area (Å²) in [5.74, 6) is 0. The van der Waals surface area contributed by atoms with Crippen molar-refractivity contribution in [1.29, 1.82) is 0 Å². The molecule has 0 aliphatic carbocycles. The van der Waals surface area contributed by atoms with Gasteiger partial charge in [-0.05, 0) is 12.0 Å². The molecular weight excluding hydrogens is 268 g/mol. The third-order valence-electron chi connectivity index (χ3n) is 3.55. The third kappa shape index (κ3) is 2.57. The highest BCUT2D eigenvalue weighted by atomic mass is 16.3. The molecule has 0 aliphatic heterocycles. The van der Waals surface area contributed by atoms with Crippen molar-refractivity contribution in [3.8, 4) is 0 Å². The Kier molecular flexibility index (Phi) is 3.53. The lowest BCUT2D eigenvalue weighted by molar-refractivity contribution is 0.160. The van der Waals surface area contributed by atoms with Gasteiger partial charge in [-0.15, -0.1) is 0 Å². The maximum absolute atomic E-state index is 12.3. The van der Waals surface area contributed by atoms with Crippen LogP contribution in [0, 0.1) is 0 Å². The van der Waals surface area contributed by atoms with E-state index in [2.05, 4.69) is 10.1 Å². The molecule has 1 unspecified atom stereocenters. The molecule has 0 amide bonds. The molecule has 6 nitrogen and oxygen atoms in total. The smallest absolute Gasteiger partial charge is 0.264 e. The maximum Gasteiger partial charge on any atom is 0.264 e. The van der Waals surface area contributed by atoms with E-state index >= 15 is 0 Å². The van der Waals surface area contributed by atoms with Gasteiger partial charge in [0.2, 0.25) is 0 Å². The normalized spacial score (nSPS) is 12.7. The Morgan fingerprint density at radius 1 is 1.29 bits per heavy atom. The number of aryl methyl sites for hydroxylation is 2. The lowest BCUT2D eigenvalue weighted by atomic mass is 10.1. The number of fused-ring (bicyclic) bond motifs is 1. The minimum absolute atomic E-state index is 0.131. The molecule has 3 rings (SSSR count). The fraction of sp³-hybridized carbons (Fsp3) is 0.267. The predicted molar refractivity (Wildman–Crippen MR) is 78.8 cm³/mol. The summed E-state index contributed by atoms with van der Waals surface area (Å²) in [6.07, 6.45) is 2.89. The van der Waals surface area contributed by atoms with Crippen molar-refractivity contribution in [1.82, 2.24) is 19.3 Å². The fourth-order valence-corrected chi connectivity index (χ4v) is 2.33. The molecule has 2 aromatic heterocycles. The molecule has 0 spiro atoms. The van der Waals surface area contributed by atoms with Crippen molar-refractivity contribution in [3.05, 3.63) is 58.8 Å². The average molecular weight is 284 g/mol. The van der Waals surface area contributed by atoms with Gasteiger partial charge in [0.05, 0.1) is 18.6 Å². The van der Waals surface area contributed by atoms with E-state index in [-0.39, 0.29) is 5.56 Å². The molecule has 0 aliphatic rings. The number of benzene rings is 1. The number of rotatable bonds is 4. The molecule has 3 aromatic rings. The molecular formula is C15H16N4O2. The second-order valence-corrected chi connectivity index (χ2v) is 4.96. The SMILES string of the molecule is Cn1ncc2c(=O)n(CCC(O)c3ccccc3)cnc21. The summed E-state index contributed by atoms with van der Waals surface area (Å²) >= 11 is 0. The number of hydrogen-bond donors (Lipinski definition) is 1. The van der Waals surface area contributed by atoms with Crippen LogP contribution < -0.4 is 5.56 Å². The van der Waals surface area contributed by atoms with Gasteiger partial charge >= 0.3 is 0 Å². The van der Waals surface area contributed by atoms with Gasteiger partial charge in [-0.2, -0.15) is 5.10 Å². The van der Waals surface area contributed by atoms with Gasteiger partial charge in [-0.1, -0.05) is 30.3 Å². The van der Waals surface area contributed by atoms with Crippen LogP contribution in [0.2, 0.25) is 0 Å². The first-order chi connectivity index (χ1) is 10.2. The first-order valence-corrected chi connectivity index (χ1v) is 6.77. The summed E-state index contributed by atoms with van der Waals surface area (Å²) in [5, 5.41) is 14.7. The summed E-state index contributed by atoms with van der Waals surface area (Å²) in [5.41, 5.74) is 1.29. The Hall–Kier alpha value is -2.47. The van der Waals surface area contributed by atoms with Crippen molar-refractivity contribution < 1.29 is 5.11 Å². The highest BCUT2D eigenvalue weighted by Crippen LogP contribution is 2.16. The van der Waals surface area contributed by atoms with Crippen molar-refractivity contribution in [2.75, 3.05) is 0 Å². The zero-order valence-electron chi connectivity index (χ0n) is 11.7. The Labute approximate surface area is 121 Å². The number of nitrogens with zero attached hydrogens (tertiary/aromatic N) is 4. The maximum atomic E-state index is 12.3. The number of aliphatic hydroxyl groups is 1. The van der Waals surface area contributed by atoms with E-state index in [1.54, 1.807) is 11.7 Å². The standard InChI is InChI=1S/C15H16N4O2/c1-18-14-12(9-17-18)15(21)19(10-16-14)8-7-13(20)11-5-3-2-4-6-11/h2-6,9-10,13,20H,7-8H2,1H3. The van der Waals surface area contributed by atoms with Crippen LogP contribution in [0.15, 0.2) is 47.7 Å². The minimum atomic E-state index is -0.595. The van der Waals surface area contributed by atoms with Crippen molar-refractivity contribution in [3.63, 3.8) is 0 Å². The molecule has 21 heavy (non-hydrogen) atoms. The minimum Gasteiger partial charge on any atom is -0.388 e. The van der Waals surface area contributed by atoms with Crippen LogP contribution >= 0.6 is 0 Å². The van der Waals surface area contributed by atoms with Crippen molar-refractivity contribution >= 4 is 11.0 Å².